The van der Waals surface area contributed by atoms with Gasteiger partial charge in [-0.2, -0.15) is 0 Å². The summed E-state index contributed by atoms with van der Waals surface area (Å²) in [6.45, 7) is 0. The molecule has 16 aromatic rings. The molecule has 0 N–H and O–H groups in total. The molecule has 0 radical (unpaired) electrons. The number of hydrogen-bond donors (Lipinski definition) is 0. The molecule has 0 fully saturated rings. The zero-order chi connectivity index (χ0) is 67.4. The molecular weight excluding hydrogens is 1180 g/mol. The van der Waals surface area contributed by atoms with Crippen molar-refractivity contribution in [3.63, 3.8) is 0 Å². The van der Waals surface area contributed by atoms with Crippen LogP contribution in [0, 0.1) is 0 Å². The Labute approximate surface area is 591 Å². The zero-order valence-corrected chi connectivity index (χ0v) is 55.1. The van der Waals surface area contributed by atoms with Gasteiger partial charge in [0, 0.05) is 0 Å². The molecule has 0 aliphatic rings. The van der Waals surface area contributed by atoms with Crippen LogP contribution in [-0.2, 0) is 0 Å². The summed E-state index contributed by atoms with van der Waals surface area (Å²) in [5.74, 6) is 0. The molecule has 0 nitrogen and oxygen atoms in total. The van der Waals surface area contributed by atoms with Crippen molar-refractivity contribution in [2.45, 2.75) is 14.9 Å². The highest BCUT2D eigenvalue weighted by molar-refractivity contribution is 5.63. The van der Waals surface area contributed by atoms with Gasteiger partial charge in [0.05, 0.1) is 0 Å². The van der Waals surface area contributed by atoms with E-state index in [9.17, 15) is 0 Å². The summed E-state index contributed by atoms with van der Waals surface area (Å²) in [5.41, 5.74) is 5.10. The number of rotatable bonds is 2. The van der Waals surface area contributed by atoms with E-state index in [4.69, 9.17) is 0 Å². The molecular formula is C98H100. The fourth-order valence-electron chi connectivity index (χ4n) is 7.14. The second-order valence-electron chi connectivity index (χ2n) is 19.3. The summed E-state index contributed by atoms with van der Waals surface area (Å²) in [6.07, 6.45) is 0. The third-order valence-electron chi connectivity index (χ3n) is 11.8. The lowest BCUT2D eigenvalue weighted by Crippen LogP contribution is -1.73. The molecule has 492 valence electrons. The zero-order valence-electron chi connectivity index (χ0n) is 55.1. The average molecular weight is 1280 g/mol. The largest absolute Gasteiger partial charge is 0.0776 e. The normalized spacial score (nSPS) is 8.24. The summed E-state index contributed by atoms with van der Waals surface area (Å²) in [5, 5.41) is 0. The molecule has 0 atom stereocenters. The number of benzene rings is 16. The smallest absolute Gasteiger partial charge is 0.0184 e. The molecule has 0 unspecified atom stereocenters. The third kappa shape index (κ3) is 57.4. The van der Waals surface area contributed by atoms with Crippen molar-refractivity contribution in [1.29, 1.82) is 0 Å². The van der Waals surface area contributed by atoms with Crippen LogP contribution in [0.25, 0.3) is 22.3 Å². The molecule has 0 heterocycles. The minimum atomic E-state index is 0. The highest BCUT2D eigenvalue weighted by atomic mass is 14.0. The van der Waals surface area contributed by atoms with Crippen LogP contribution in [-0.4, -0.2) is 0 Å². The minimum Gasteiger partial charge on any atom is -0.0776 e. The van der Waals surface area contributed by atoms with Gasteiger partial charge in [-0.1, -0.05) is 573 Å². The summed E-state index contributed by atoms with van der Waals surface area (Å²) in [7, 11) is 0. The van der Waals surface area contributed by atoms with E-state index in [1.54, 1.807) is 0 Å². The Morgan fingerprint density at radius 2 is 0.102 bits per heavy atom. The average Bonchev–Trinajstić information content (AvgIpc) is 1.84. The van der Waals surface area contributed by atoms with Crippen molar-refractivity contribution >= 4 is 0 Å². The van der Waals surface area contributed by atoms with Crippen molar-refractivity contribution in [1.82, 2.24) is 0 Å². The summed E-state index contributed by atoms with van der Waals surface area (Å²) >= 11 is 0. The van der Waals surface area contributed by atoms with E-state index in [2.05, 4.69) is 97.1 Å². The Morgan fingerprint density at radius 1 is 0.0612 bits per heavy atom. The Balaban J connectivity index is 0.000000532. The van der Waals surface area contributed by atoms with Gasteiger partial charge < -0.3 is 0 Å². The number of hydrogen-bond acceptors (Lipinski definition) is 0. The first kappa shape index (κ1) is 83.5. The van der Waals surface area contributed by atoms with Crippen molar-refractivity contribution in [3.05, 3.63) is 558 Å². The first-order chi connectivity index (χ1) is 47.9. The molecule has 16 aromatic carbocycles. The molecule has 0 heteroatoms. The summed E-state index contributed by atoms with van der Waals surface area (Å²) in [4.78, 5) is 0. The molecule has 0 spiro atoms. The highest BCUT2D eigenvalue weighted by Crippen LogP contribution is 2.18. The lowest BCUT2D eigenvalue weighted by molar-refractivity contribution is 1.62. The standard InChI is InChI=1S/2C12H10.12C6H6.2CH4/c2*1-3-7-11(8-4-1)12-9-5-2-6-10-12;12*1-2-4-6-5-3-1;;/h2*1-10H;12*1-6H;2*1H4. The van der Waals surface area contributed by atoms with E-state index in [1.807, 2.05) is 461 Å². The van der Waals surface area contributed by atoms with Crippen molar-refractivity contribution in [2.75, 3.05) is 0 Å². The molecule has 16 rings (SSSR count). The van der Waals surface area contributed by atoms with Crippen molar-refractivity contribution < 1.29 is 0 Å². The van der Waals surface area contributed by atoms with Gasteiger partial charge in [-0.3, -0.25) is 0 Å². The maximum Gasteiger partial charge on any atom is -0.0184 e. The molecule has 0 bridgehead atoms. The van der Waals surface area contributed by atoms with Gasteiger partial charge in [0.1, 0.15) is 0 Å². The van der Waals surface area contributed by atoms with Crippen LogP contribution in [0.5, 0.6) is 0 Å². The monoisotopic (exact) mass is 1280 g/mol. The fourth-order valence-corrected chi connectivity index (χ4v) is 7.14. The molecule has 0 aliphatic heterocycles. The topological polar surface area (TPSA) is 0 Å². The maximum absolute atomic E-state index is 2.12. The van der Waals surface area contributed by atoms with E-state index >= 15 is 0 Å². The molecule has 0 saturated heterocycles. The van der Waals surface area contributed by atoms with E-state index in [0.29, 0.717) is 0 Å². The minimum absolute atomic E-state index is 0. The van der Waals surface area contributed by atoms with E-state index in [0.717, 1.165) is 0 Å². The van der Waals surface area contributed by atoms with Crippen LogP contribution in [0.1, 0.15) is 14.9 Å². The van der Waals surface area contributed by atoms with E-state index in [1.165, 1.54) is 22.3 Å². The van der Waals surface area contributed by atoms with Gasteiger partial charge in [-0.15, -0.1) is 0 Å². The maximum atomic E-state index is 2.12. The molecule has 0 saturated carbocycles. The Bertz CT molecular complexity index is 2670. The predicted molar refractivity (Wildman–Crippen MR) is 435 cm³/mol. The molecule has 98 heavy (non-hydrogen) atoms. The third-order valence-corrected chi connectivity index (χ3v) is 11.8. The Hall–Kier alpha value is -12.5. The molecule has 0 aliphatic carbocycles. The van der Waals surface area contributed by atoms with Crippen LogP contribution >= 0.6 is 0 Å². The van der Waals surface area contributed by atoms with Gasteiger partial charge in [0.25, 0.3) is 0 Å². The summed E-state index contributed by atoms with van der Waals surface area (Å²) < 4.78 is 0. The van der Waals surface area contributed by atoms with Crippen molar-refractivity contribution in [2.24, 2.45) is 0 Å². The second kappa shape index (κ2) is 70.4. The van der Waals surface area contributed by atoms with Crippen molar-refractivity contribution in [3.8, 4) is 22.3 Å². The first-order valence-corrected chi connectivity index (χ1v) is 32.1. The van der Waals surface area contributed by atoms with Crippen LogP contribution in [0.4, 0.5) is 0 Å². The van der Waals surface area contributed by atoms with Crippen LogP contribution in [0.2, 0.25) is 0 Å². The molecule has 0 aromatic heterocycles. The lowest BCUT2D eigenvalue weighted by Gasteiger charge is -1.98. The lowest BCUT2D eigenvalue weighted by atomic mass is 10.1. The van der Waals surface area contributed by atoms with Gasteiger partial charge in [0.2, 0.25) is 0 Å². The first-order valence-electron chi connectivity index (χ1n) is 32.1. The van der Waals surface area contributed by atoms with Crippen LogP contribution in [0.3, 0.4) is 0 Å². The van der Waals surface area contributed by atoms with E-state index < -0.39 is 0 Å². The van der Waals surface area contributed by atoms with Gasteiger partial charge in [-0.25, -0.2) is 0 Å². The second-order valence-corrected chi connectivity index (χ2v) is 19.3. The summed E-state index contributed by atoms with van der Waals surface area (Å²) in [6, 6.07) is 186. The fraction of sp³-hybridized carbons (Fsp3) is 0.0204. The molecule has 0 amide bonds. The van der Waals surface area contributed by atoms with Gasteiger partial charge in [0.15, 0.2) is 0 Å². The van der Waals surface area contributed by atoms with Gasteiger partial charge >= 0.3 is 0 Å². The van der Waals surface area contributed by atoms with Crippen LogP contribution < -0.4 is 0 Å². The van der Waals surface area contributed by atoms with Gasteiger partial charge in [-0.05, 0) is 22.3 Å². The quantitative estimate of drug-likeness (QED) is 0.162. The van der Waals surface area contributed by atoms with E-state index in [-0.39, 0.29) is 14.9 Å². The SMILES string of the molecule is C.C.c1ccc(-c2ccccc2)cc1.c1ccc(-c2ccccc2)cc1.c1ccccc1.c1ccccc1.c1ccccc1.c1ccccc1.c1ccccc1.c1ccccc1.c1ccccc1.c1ccccc1.c1ccccc1.c1ccccc1.c1ccccc1.c1ccccc1. The van der Waals surface area contributed by atoms with Crippen LogP contribution in [0.15, 0.2) is 558 Å². The predicted octanol–water partition coefficient (Wildman–Crippen LogP) is 28.2. The highest BCUT2D eigenvalue weighted by Gasteiger charge is 1.93. The Morgan fingerprint density at radius 3 is 0.153 bits per heavy atom. The Kier molecular flexibility index (Phi) is 60.0.